The molecule has 1 aliphatic carbocycles. The Balaban J connectivity index is 2.31. The Hall–Kier alpha value is -3.15. The zero-order chi connectivity index (χ0) is 17.4. The Bertz CT molecular complexity index is 881. The first-order chi connectivity index (χ1) is 11.5. The lowest BCUT2D eigenvalue weighted by atomic mass is 9.82. The van der Waals surface area contributed by atoms with E-state index in [2.05, 4.69) is 4.74 Å². The van der Waals surface area contributed by atoms with E-state index in [0.29, 0.717) is 5.75 Å². The number of hydrogen-bond donors (Lipinski definition) is 0. The fourth-order valence-electron chi connectivity index (χ4n) is 2.82. The van der Waals surface area contributed by atoms with Gasteiger partial charge in [0.25, 0.3) is 0 Å². The quantitative estimate of drug-likeness (QED) is 0.687. The number of benzene rings is 2. The molecule has 0 saturated heterocycles. The van der Waals surface area contributed by atoms with Crippen LogP contribution in [0.5, 0.6) is 11.5 Å². The lowest BCUT2D eigenvalue weighted by molar-refractivity contribution is 0.0600. The van der Waals surface area contributed by atoms with Crippen LogP contribution in [0.25, 0.3) is 0 Å². The molecule has 122 valence electrons. The average Bonchev–Trinajstić information content (AvgIpc) is 2.63. The van der Waals surface area contributed by atoms with Gasteiger partial charge in [0.2, 0.25) is 5.78 Å². The van der Waals surface area contributed by atoms with E-state index in [1.54, 1.807) is 18.2 Å². The molecule has 0 amide bonds. The Morgan fingerprint density at radius 2 is 1.50 bits per heavy atom. The summed E-state index contributed by atoms with van der Waals surface area (Å²) in [5, 5.41) is 0. The van der Waals surface area contributed by atoms with E-state index in [-0.39, 0.29) is 45.1 Å². The van der Waals surface area contributed by atoms with Crippen LogP contribution in [0, 0.1) is 0 Å². The van der Waals surface area contributed by atoms with Crippen LogP contribution in [0.15, 0.2) is 30.3 Å². The first-order valence-corrected chi connectivity index (χ1v) is 7.10. The zero-order valence-electron chi connectivity index (χ0n) is 13.3. The van der Waals surface area contributed by atoms with E-state index < -0.39 is 5.97 Å². The fraction of sp³-hybridized carbons (Fsp3) is 0.167. The molecule has 24 heavy (non-hydrogen) atoms. The van der Waals surface area contributed by atoms with Crippen LogP contribution in [0.4, 0.5) is 0 Å². The van der Waals surface area contributed by atoms with Crippen molar-refractivity contribution in [3.63, 3.8) is 0 Å². The lowest BCUT2D eigenvalue weighted by Gasteiger charge is -2.21. The summed E-state index contributed by atoms with van der Waals surface area (Å²) in [7, 11) is 4.04. The highest BCUT2D eigenvalue weighted by molar-refractivity contribution is 6.30. The smallest absolute Gasteiger partial charge is 0.338 e. The van der Waals surface area contributed by atoms with Gasteiger partial charge in [-0.05, 0) is 18.2 Å². The van der Waals surface area contributed by atoms with Crippen LogP contribution >= 0.6 is 0 Å². The highest BCUT2D eigenvalue weighted by Gasteiger charge is 2.35. The minimum Gasteiger partial charge on any atom is -0.496 e. The van der Waals surface area contributed by atoms with Gasteiger partial charge in [-0.3, -0.25) is 9.59 Å². The van der Waals surface area contributed by atoms with Crippen LogP contribution in [0.2, 0.25) is 0 Å². The minimum atomic E-state index is -0.618. The molecule has 0 N–H and O–H groups in total. The van der Waals surface area contributed by atoms with Gasteiger partial charge in [0.15, 0.2) is 5.78 Å². The molecule has 0 atom stereocenters. The minimum absolute atomic E-state index is 0.112. The Labute approximate surface area is 137 Å². The second kappa shape index (κ2) is 5.81. The third kappa shape index (κ3) is 2.15. The maximum Gasteiger partial charge on any atom is 0.338 e. The van der Waals surface area contributed by atoms with Gasteiger partial charge in [0.05, 0.1) is 38.0 Å². The van der Waals surface area contributed by atoms with Crippen molar-refractivity contribution in [3.8, 4) is 11.5 Å². The standard InChI is InChI=1S/C18H14O6/c1-22-12-6-4-5-10-14(12)17(20)15-11(16(10)19)7-9(18(21)24-3)8-13(15)23-2/h4-8H,1-3H3. The Kier molecular flexibility index (Phi) is 3.81. The summed E-state index contributed by atoms with van der Waals surface area (Å²) in [5.74, 6) is -0.918. The molecule has 0 aliphatic heterocycles. The molecule has 0 saturated carbocycles. The lowest BCUT2D eigenvalue weighted by Crippen LogP contribution is -2.23. The third-order valence-corrected chi connectivity index (χ3v) is 3.93. The maximum atomic E-state index is 12.9. The normalized spacial score (nSPS) is 12.3. The SMILES string of the molecule is COC(=O)c1cc(OC)c2c(c1)C(=O)c1cccc(OC)c1C2=O. The number of ether oxygens (including phenoxy) is 3. The van der Waals surface area contributed by atoms with Gasteiger partial charge in [0.1, 0.15) is 11.5 Å². The number of esters is 1. The molecule has 6 heteroatoms. The molecule has 3 rings (SSSR count). The topological polar surface area (TPSA) is 78.9 Å². The molecule has 2 aromatic rings. The highest BCUT2D eigenvalue weighted by Crippen LogP contribution is 2.37. The molecule has 0 heterocycles. The molecular formula is C18H14O6. The summed E-state index contributed by atoms with van der Waals surface area (Å²) in [5.41, 5.74) is 0.797. The molecule has 1 aliphatic rings. The van der Waals surface area contributed by atoms with Crippen LogP contribution in [-0.4, -0.2) is 38.9 Å². The third-order valence-electron chi connectivity index (χ3n) is 3.93. The average molecular weight is 326 g/mol. The molecule has 0 aromatic heterocycles. The van der Waals surface area contributed by atoms with Crippen molar-refractivity contribution in [1.29, 1.82) is 0 Å². The molecule has 0 radical (unpaired) electrons. The number of fused-ring (bicyclic) bond motifs is 2. The summed E-state index contributed by atoms with van der Waals surface area (Å²) < 4.78 is 15.1. The van der Waals surface area contributed by atoms with Crippen LogP contribution in [-0.2, 0) is 4.74 Å². The van der Waals surface area contributed by atoms with E-state index in [1.807, 2.05) is 0 Å². The molecule has 0 unspecified atom stereocenters. The van der Waals surface area contributed by atoms with Crippen LogP contribution in [0.1, 0.15) is 42.2 Å². The zero-order valence-corrected chi connectivity index (χ0v) is 13.3. The Morgan fingerprint density at radius 3 is 2.12 bits per heavy atom. The van der Waals surface area contributed by atoms with Gasteiger partial charge in [-0.1, -0.05) is 12.1 Å². The molecular weight excluding hydrogens is 312 g/mol. The molecule has 6 nitrogen and oxygen atoms in total. The van der Waals surface area contributed by atoms with E-state index in [1.165, 1.54) is 33.5 Å². The van der Waals surface area contributed by atoms with Gasteiger partial charge in [-0.25, -0.2) is 4.79 Å². The van der Waals surface area contributed by atoms with E-state index in [9.17, 15) is 14.4 Å². The monoisotopic (exact) mass is 326 g/mol. The molecule has 2 aromatic carbocycles. The largest absolute Gasteiger partial charge is 0.496 e. The summed E-state index contributed by atoms with van der Waals surface area (Å²) in [6.07, 6.45) is 0. The van der Waals surface area contributed by atoms with E-state index >= 15 is 0 Å². The van der Waals surface area contributed by atoms with Gasteiger partial charge >= 0.3 is 5.97 Å². The van der Waals surface area contributed by atoms with E-state index in [0.717, 1.165) is 0 Å². The predicted molar refractivity (Wildman–Crippen MR) is 84.2 cm³/mol. The molecule has 0 fully saturated rings. The molecule has 0 spiro atoms. The summed E-state index contributed by atoms with van der Waals surface area (Å²) in [6, 6.07) is 7.54. The van der Waals surface area contributed by atoms with Gasteiger partial charge < -0.3 is 14.2 Å². The Morgan fingerprint density at radius 1 is 0.833 bits per heavy atom. The number of hydrogen-bond acceptors (Lipinski definition) is 6. The van der Waals surface area contributed by atoms with Gasteiger partial charge in [0, 0.05) is 11.1 Å². The first-order valence-electron chi connectivity index (χ1n) is 7.10. The summed E-state index contributed by atoms with van der Waals surface area (Å²) in [6.45, 7) is 0. The predicted octanol–water partition coefficient (Wildman–Crippen LogP) is 2.27. The second-order valence-electron chi connectivity index (χ2n) is 5.13. The van der Waals surface area contributed by atoms with Gasteiger partial charge in [-0.15, -0.1) is 0 Å². The van der Waals surface area contributed by atoms with Crippen molar-refractivity contribution in [3.05, 3.63) is 58.1 Å². The summed E-state index contributed by atoms with van der Waals surface area (Å²) >= 11 is 0. The van der Waals surface area contributed by atoms with Crippen molar-refractivity contribution in [2.24, 2.45) is 0 Å². The van der Waals surface area contributed by atoms with Crippen molar-refractivity contribution >= 4 is 17.5 Å². The van der Waals surface area contributed by atoms with Crippen molar-refractivity contribution in [2.45, 2.75) is 0 Å². The maximum absolute atomic E-state index is 12.9. The van der Waals surface area contributed by atoms with Crippen LogP contribution < -0.4 is 9.47 Å². The highest BCUT2D eigenvalue weighted by atomic mass is 16.5. The summed E-state index contributed by atoms with van der Waals surface area (Å²) in [4.78, 5) is 37.6. The number of methoxy groups -OCH3 is 3. The van der Waals surface area contributed by atoms with Gasteiger partial charge in [-0.2, -0.15) is 0 Å². The van der Waals surface area contributed by atoms with Crippen molar-refractivity contribution in [1.82, 2.24) is 0 Å². The number of carbonyl (C=O) groups excluding carboxylic acids is 3. The van der Waals surface area contributed by atoms with Crippen molar-refractivity contribution in [2.75, 3.05) is 21.3 Å². The van der Waals surface area contributed by atoms with Crippen molar-refractivity contribution < 1.29 is 28.6 Å². The first kappa shape index (κ1) is 15.7. The number of carbonyl (C=O) groups is 3. The number of rotatable bonds is 3. The number of ketones is 2. The second-order valence-corrected chi connectivity index (χ2v) is 5.13. The van der Waals surface area contributed by atoms with Crippen LogP contribution in [0.3, 0.4) is 0 Å². The fourth-order valence-corrected chi connectivity index (χ4v) is 2.82. The molecule has 0 bridgehead atoms. The van der Waals surface area contributed by atoms with E-state index in [4.69, 9.17) is 9.47 Å².